The molecule has 3 aromatic rings. The number of rotatable bonds is 4. The standard InChI is InChI=1S/C21H23N7O3/c1-3-22-20-23-11-16-17(24-20)27-9-5-8-15(27)12-28(19(16)29)14-7-4-6-13(10-14)18-25-26(2)21(30)31-18/h4,6-7,10-11,15H,3,5,8-9,12H2,1-2H3,(H,22,23,24). The second kappa shape index (κ2) is 7.53. The predicted octanol–water partition coefficient (Wildman–Crippen LogP) is 1.89. The first-order valence-corrected chi connectivity index (χ1v) is 10.4. The van der Waals surface area contributed by atoms with Crippen molar-refractivity contribution in [2.24, 2.45) is 7.05 Å². The van der Waals surface area contributed by atoms with Crippen molar-refractivity contribution in [1.82, 2.24) is 19.7 Å². The number of nitrogens with zero attached hydrogens (tertiary/aromatic N) is 6. The summed E-state index contributed by atoms with van der Waals surface area (Å²) in [6.07, 6.45) is 3.64. The van der Waals surface area contributed by atoms with Gasteiger partial charge in [-0.25, -0.2) is 9.78 Å². The molecule has 1 fully saturated rings. The Morgan fingerprint density at radius 1 is 1.29 bits per heavy atom. The Labute approximate surface area is 178 Å². The lowest BCUT2D eigenvalue weighted by atomic mass is 10.1. The number of amides is 1. The van der Waals surface area contributed by atoms with Crippen LogP contribution in [0.25, 0.3) is 11.5 Å². The summed E-state index contributed by atoms with van der Waals surface area (Å²) in [6, 6.07) is 7.50. The van der Waals surface area contributed by atoms with Crippen LogP contribution in [0, 0.1) is 0 Å². The minimum absolute atomic E-state index is 0.146. The molecule has 0 bridgehead atoms. The lowest BCUT2D eigenvalue weighted by Gasteiger charge is -2.27. The molecule has 2 aliphatic heterocycles. The van der Waals surface area contributed by atoms with Crippen molar-refractivity contribution in [1.29, 1.82) is 0 Å². The first-order chi connectivity index (χ1) is 15.0. The van der Waals surface area contributed by atoms with Crippen molar-refractivity contribution < 1.29 is 9.21 Å². The highest BCUT2D eigenvalue weighted by molar-refractivity contribution is 6.10. The zero-order chi connectivity index (χ0) is 21.5. The fraction of sp³-hybridized carbons (Fsp3) is 0.381. The second-order valence-electron chi connectivity index (χ2n) is 7.71. The predicted molar refractivity (Wildman–Crippen MR) is 115 cm³/mol. The number of aryl methyl sites for hydroxylation is 1. The molecule has 1 atom stereocenters. The molecule has 0 radical (unpaired) electrons. The van der Waals surface area contributed by atoms with Gasteiger partial charge in [0.25, 0.3) is 5.91 Å². The summed E-state index contributed by atoms with van der Waals surface area (Å²) in [5.74, 6) is 0.758. The maximum Gasteiger partial charge on any atom is 0.437 e. The number of fused-ring (bicyclic) bond motifs is 3. The van der Waals surface area contributed by atoms with Crippen molar-refractivity contribution >= 4 is 23.4 Å². The van der Waals surface area contributed by atoms with Crippen molar-refractivity contribution in [3.63, 3.8) is 0 Å². The lowest BCUT2D eigenvalue weighted by molar-refractivity contribution is 0.0988. The van der Waals surface area contributed by atoms with E-state index in [0.717, 1.165) is 24.1 Å². The molecule has 0 spiro atoms. The Kier molecular flexibility index (Phi) is 4.68. The number of aromatic nitrogens is 4. The van der Waals surface area contributed by atoms with Crippen LogP contribution in [0.15, 0.2) is 39.7 Å². The van der Waals surface area contributed by atoms with Gasteiger partial charge in [0.1, 0.15) is 11.4 Å². The molecule has 1 aromatic carbocycles. The van der Waals surface area contributed by atoms with Crippen molar-refractivity contribution in [2.45, 2.75) is 25.8 Å². The first kappa shape index (κ1) is 19.3. The van der Waals surface area contributed by atoms with E-state index in [1.54, 1.807) is 17.2 Å². The van der Waals surface area contributed by atoms with Crippen LogP contribution in [0.4, 0.5) is 17.5 Å². The van der Waals surface area contributed by atoms with E-state index >= 15 is 0 Å². The van der Waals surface area contributed by atoms with Gasteiger partial charge in [0.15, 0.2) is 0 Å². The molecule has 1 unspecified atom stereocenters. The van der Waals surface area contributed by atoms with Gasteiger partial charge < -0.3 is 19.5 Å². The minimum atomic E-state index is -0.532. The summed E-state index contributed by atoms with van der Waals surface area (Å²) in [5.41, 5.74) is 1.83. The Bertz CT molecular complexity index is 1200. The van der Waals surface area contributed by atoms with Gasteiger partial charge in [-0.15, -0.1) is 5.10 Å². The van der Waals surface area contributed by atoms with E-state index in [4.69, 9.17) is 4.42 Å². The van der Waals surface area contributed by atoms with Crippen molar-refractivity contribution in [3.8, 4) is 11.5 Å². The van der Waals surface area contributed by atoms with Crippen LogP contribution in [-0.4, -0.2) is 51.3 Å². The van der Waals surface area contributed by atoms with Crippen LogP contribution >= 0.6 is 0 Å². The average molecular weight is 421 g/mol. The van der Waals surface area contributed by atoms with Gasteiger partial charge in [-0.2, -0.15) is 9.67 Å². The number of benzene rings is 1. The topological polar surface area (TPSA) is 109 Å². The Morgan fingerprint density at radius 3 is 2.94 bits per heavy atom. The average Bonchev–Trinajstić information content (AvgIpc) is 3.35. The highest BCUT2D eigenvalue weighted by Gasteiger charge is 2.37. The normalized spacial score (nSPS) is 18.0. The van der Waals surface area contributed by atoms with E-state index in [1.165, 1.54) is 7.05 Å². The largest absolute Gasteiger partial charge is 0.437 e. The molecular formula is C21H23N7O3. The quantitative estimate of drug-likeness (QED) is 0.680. The van der Waals surface area contributed by atoms with Crippen LogP contribution < -0.4 is 20.9 Å². The van der Waals surface area contributed by atoms with E-state index in [-0.39, 0.29) is 17.8 Å². The summed E-state index contributed by atoms with van der Waals surface area (Å²) in [6.45, 7) is 4.10. The molecule has 2 aromatic heterocycles. The molecule has 1 N–H and O–H groups in total. The van der Waals surface area contributed by atoms with Gasteiger partial charge in [-0.3, -0.25) is 4.79 Å². The minimum Gasteiger partial charge on any atom is -0.388 e. The fourth-order valence-electron chi connectivity index (χ4n) is 4.22. The second-order valence-corrected chi connectivity index (χ2v) is 7.71. The van der Waals surface area contributed by atoms with E-state index in [1.807, 2.05) is 25.1 Å². The summed E-state index contributed by atoms with van der Waals surface area (Å²) in [5, 5.41) is 7.25. The SMILES string of the molecule is CCNc1ncc2c(n1)N1CCCC1CN(c1cccc(-c3nn(C)c(=O)o3)c1)C2=O. The van der Waals surface area contributed by atoms with E-state index < -0.39 is 5.76 Å². The summed E-state index contributed by atoms with van der Waals surface area (Å²) in [7, 11) is 1.53. The fourth-order valence-corrected chi connectivity index (χ4v) is 4.22. The number of hydrogen-bond donors (Lipinski definition) is 1. The zero-order valence-corrected chi connectivity index (χ0v) is 17.4. The third kappa shape index (κ3) is 3.33. The van der Waals surface area contributed by atoms with Crippen LogP contribution in [0.3, 0.4) is 0 Å². The number of nitrogens with one attached hydrogen (secondary N) is 1. The maximum absolute atomic E-state index is 13.5. The molecule has 10 heteroatoms. The van der Waals surface area contributed by atoms with E-state index in [2.05, 4.69) is 25.3 Å². The third-order valence-electron chi connectivity index (χ3n) is 5.72. The molecular weight excluding hydrogens is 398 g/mol. The third-order valence-corrected chi connectivity index (χ3v) is 5.72. The van der Waals surface area contributed by atoms with Gasteiger partial charge in [0.05, 0.1) is 0 Å². The summed E-state index contributed by atoms with van der Waals surface area (Å²) >= 11 is 0. The molecule has 2 aliphatic rings. The highest BCUT2D eigenvalue weighted by atomic mass is 16.4. The molecule has 5 rings (SSSR count). The van der Waals surface area contributed by atoms with Gasteiger partial charge in [-0.05, 0) is 38.0 Å². The number of carbonyl (C=O) groups excluding carboxylic acids is 1. The summed E-state index contributed by atoms with van der Waals surface area (Å²) in [4.78, 5) is 38.2. The molecule has 4 heterocycles. The highest BCUT2D eigenvalue weighted by Crippen LogP contribution is 2.34. The number of anilines is 3. The summed E-state index contributed by atoms with van der Waals surface area (Å²) < 4.78 is 6.36. The molecule has 1 saturated heterocycles. The molecule has 160 valence electrons. The van der Waals surface area contributed by atoms with Crippen molar-refractivity contribution in [3.05, 3.63) is 46.6 Å². The molecule has 1 amide bonds. The van der Waals surface area contributed by atoms with Gasteiger partial charge >= 0.3 is 5.76 Å². The van der Waals surface area contributed by atoms with Gasteiger partial charge in [0, 0.05) is 50.2 Å². The monoisotopic (exact) mass is 421 g/mol. The van der Waals surface area contributed by atoms with Crippen molar-refractivity contribution in [2.75, 3.05) is 34.8 Å². The van der Waals surface area contributed by atoms with Crippen LogP contribution in [0.5, 0.6) is 0 Å². The van der Waals surface area contributed by atoms with Gasteiger partial charge in [-0.1, -0.05) is 6.07 Å². The van der Waals surface area contributed by atoms with E-state index in [0.29, 0.717) is 41.7 Å². The van der Waals surface area contributed by atoms with E-state index in [9.17, 15) is 9.59 Å². The molecule has 0 saturated carbocycles. The van der Waals surface area contributed by atoms with Gasteiger partial charge in [0.2, 0.25) is 11.8 Å². The smallest absolute Gasteiger partial charge is 0.388 e. The number of hydrogen-bond acceptors (Lipinski definition) is 8. The first-order valence-electron chi connectivity index (χ1n) is 10.4. The maximum atomic E-state index is 13.5. The molecule has 0 aliphatic carbocycles. The molecule has 31 heavy (non-hydrogen) atoms. The molecule has 10 nitrogen and oxygen atoms in total. The number of carbonyl (C=O) groups is 1. The van der Waals surface area contributed by atoms with Crippen LogP contribution in [0.1, 0.15) is 30.1 Å². The van der Waals surface area contributed by atoms with Crippen LogP contribution in [-0.2, 0) is 7.05 Å². The zero-order valence-electron chi connectivity index (χ0n) is 17.4. The van der Waals surface area contributed by atoms with Crippen LogP contribution in [0.2, 0.25) is 0 Å². The Balaban J connectivity index is 1.56. The Hall–Kier alpha value is -3.69. The lowest BCUT2D eigenvalue weighted by Crippen LogP contribution is -2.39. The Morgan fingerprint density at radius 2 is 2.16 bits per heavy atom.